The summed E-state index contributed by atoms with van der Waals surface area (Å²) in [5.74, 6) is 0. The molecule has 3 rings (SSSR count). The van der Waals surface area contributed by atoms with Crippen LogP contribution in [0.4, 0.5) is 30.2 Å². The molecule has 0 aliphatic heterocycles. The summed E-state index contributed by atoms with van der Waals surface area (Å²) in [5.41, 5.74) is 1.23. The van der Waals surface area contributed by atoms with Crippen molar-refractivity contribution in [1.29, 1.82) is 0 Å². The van der Waals surface area contributed by atoms with Gasteiger partial charge in [0.2, 0.25) is 0 Å². The van der Waals surface area contributed by atoms with E-state index < -0.39 is 21.8 Å². The molecule has 0 saturated heterocycles. The van der Waals surface area contributed by atoms with Crippen molar-refractivity contribution in [3.63, 3.8) is 0 Å². The zero-order valence-electron chi connectivity index (χ0n) is 16.2. The Hall–Kier alpha value is -3.11. The average molecular weight is 466 g/mol. The number of sulfonamides is 1. The van der Waals surface area contributed by atoms with Gasteiger partial charge in [0.1, 0.15) is 0 Å². The maximum atomic E-state index is 12.8. The van der Waals surface area contributed by atoms with Gasteiger partial charge in [0, 0.05) is 17.1 Å². The lowest BCUT2D eigenvalue weighted by Crippen LogP contribution is -2.19. The fourth-order valence-corrected chi connectivity index (χ4v) is 3.91. The van der Waals surface area contributed by atoms with Gasteiger partial charge in [-0.15, -0.1) is 0 Å². The Morgan fingerprint density at radius 1 is 0.839 bits per heavy atom. The summed E-state index contributed by atoms with van der Waals surface area (Å²) in [5, 5.41) is 5.62. The molecule has 162 valence electrons. The van der Waals surface area contributed by atoms with Crippen LogP contribution in [0, 0.1) is 6.92 Å². The summed E-state index contributed by atoms with van der Waals surface area (Å²) in [7, 11) is -3.72. The van der Waals surface area contributed by atoms with Crippen molar-refractivity contribution in [2.24, 2.45) is 0 Å². The Morgan fingerprint density at radius 2 is 1.42 bits per heavy atom. The highest BCUT2D eigenvalue weighted by atomic mass is 32.2. The summed E-state index contributed by atoms with van der Waals surface area (Å²) in [6, 6.07) is 17.4. The highest BCUT2D eigenvalue weighted by Gasteiger charge is 2.30. The van der Waals surface area contributed by atoms with E-state index in [0.29, 0.717) is 11.4 Å². The van der Waals surface area contributed by atoms with E-state index in [-0.39, 0.29) is 15.7 Å². The van der Waals surface area contributed by atoms with Gasteiger partial charge in [-0.3, -0.25) is 4.72 Å². The Morgan fingerprint density at radius 3 is 2.03 bits per heavy atom. The quantitative estimate of drug-likeness (QED) is 0.427. The van der Waals surface area contributed by atoms with Gasteiger partial charge in [-0.25, -0.2) is 8.42 Å². The normalized spacial score (nSPS) is 11.6. The summed E-state index contributed by atoms with van der Waals surface area (Å²) in [4.78, 5) is 0.145. The lowest BCUT2D eigenvalue weighted by Gasteiger charge is -2.13. The second-order valence-electron chi connectivity index (χ2n) is 6.65. The number of benzene rings is 3. The predicted molar refractivity (Wildman–Crippen MR) is 120 cm³/mol. The maximum Gasteiger partial charge on any atom is 0.416 e. The molecule has 0 atom stereocenters. The average Bonchev–Trinajstić information content (AvgIpc) is 2.69. The molecule has 5 nitrogen and oxygen atoms in total. The van der Waals surface area contributed by atoms with E-state index in [9.17, 15) is 21.6 Å². The first-order valence-corrected chi connectivity index (χ1v) is 10.9. The first kappa shape index (κ1) is 22.6. The molecule has 0 fully saturated rings. The van der Waals surface area contributed by atoms with Crippen molar-refractivity contribution in [2.75, 3.05) is 15.4 Å². The van der Waals surface area contributed by atoms with Crippen LogP contribution >= 0.6 is 12.2 Å². The molecule has 0 heterocycles. The summed E-state index contributed by atoms with van der Waals surface area (Å²) >= 11 is 5.13. The van der Waals surface area contributed by atoms with Gasteiger partial charge >= 0.3 is 6.18 Å². The van der Waals surface area contributed by atoms with E-state index >= 15 is 0 Å². The van der Waals surface area contributed by atoms with Gasteiger partial charge in [-0.1, -0.05) is 23.8 Å². The number of aryl methyl sites for hydroxylation is 1. The Balaban J connectivity index is 1.63. The molecular weight excluding hydrogens is 447 g/mol. The maximum absolute atomic E-state index is 12.8. The number of alkyl halides is 3. The number of nitrogens with one attached hydrogen (secondary N) is 3. The van der Waals surface area contributed by atoms with Crippen LogP contribution in [0.5, 0.6) is 0 Å². The molecule has 31 heavy (non-hydrogen) atoms. The Bertz CT molecular complexity index is 1180. The van der Waals surface area contributed by atoms with Crippen LogP contribution in [-0.2, 0) is 16.2 Å². The van der Waals surface area contributed by atoms with Crippen LogP contribution in [0.1, 0.15) is 11.1 Å². The fourth-order valence-electron chi connectivity index (χ4n) is 2.62. The fraction of sp³-hybridized carbons (Fsp3) is 0.0952. The largest absolute Gasteiger partial charge is 0.416 e. The Kier molecular flexibility index (Phi) is 6.51. The molecule has 3 aromatic carbocycles. The lowest BCUT2D eigenvalue weighted by molar-refractivity contribution is -0.137. The molecule has 0 radical (unpaired) electrons. The van der Waals surface area contributed by atoms with E-state index in [1.807, 2.05) is 6.92 Å². The minimum absolute atomic E-state index is 0.0901. The van der Waals surface area contributed by atoms with Crippen LogP contribution < -0.4 is 15.4 Å². The van der Waals surface area contributed by atoms with E-state index in [0.717, 1.165) is 17.7 Å². The minimum atomic E-state index is -4.45. The summed E-state index contributed by atoms with van der Waals surface area (Å²) < 4.78 is 65.8. The smallest absolute Gasteiger partial charge is 0.332 e. The van der Waals surface area contributed by atoms with Crippen molar-refractivity contribution in [3.8, 4) is 0 Å². The molecule has 0 aromatic heterocycles. The van der Waals surface area contributed by atoms with Crippen molar-refractivity contribution in [2.45, 2.75) is 18.0 Å². The first-order valence-electron chi connectivity index (χ1n) is 8.98. The number of anilines is 3. The molecule has 0 amide bonds. The molecular formula is C21H18F3N3O2S2. The number of hydrogen-bond acceptors (Lipinski definition) is 3. The van der Waals surface area contributed by atoms with E-state index in [1.165, 1.54) is 24.3 Å². The second-order valence-corrected chi connectivity index (χ2v) is 8.74. The zero-order chi connectivity index (χ0) is 22.6. The highest BCUT2D eigenvalue weighted by molar-refractivity contribution is 7.92. The van der Waals surface area contributed by atoms with Crippen molar-refractivity contribution in [1.82, 2.24) is 0 Å². The number of thiocarbonyl (C=S) groups is 1. The molecule has 0 saturated carbocycles. The third-order valence-corrected chi connectivity index (χ3v) is 5.78. The second kappa shape index (κ2) is 8.94. The van der Waals surface area contributed by atoms with Gasteiger partial charge in [0.25, 0.3) is 10.0 Å². The minimum Gasteiger partial charge on any atom is -0.332 e. The predicted octanol–water partition coefficient (Wildman–Crippen LogP) is 5.62. The molecule has 0 bridgehead atoms. The van der Waals surface area contributed by atoms with Crippen molar-refractivity contribution >= 4 is 44.4 Å². The topological polar surface area (TPSA) is 70.2 Å². The SMILES string of the molecule is Cc1ccc(S(=O)(=O)Nc2ccc(NC(=S)Nc3cccc(C(F)(F)F)c3)cc2)cc1. The van der Waals surface area contributed by atoms with Crippen molar-refractivity contribution < 1.29 is 21.6 Å². The van der Waals surface area contributed by atoms with Crippen LogP contribution in [0.2, 0.25) is 0 Å². The third kappa shape index (κ3) is 6.19. The number of rotatable bonds is 5. The standard InChI is InChI=1S/C21H18F3N3O2S2/c1-14-5-11-19(12-6-14)31(28,29)27-17-9-7-16(8-10-17)25-20(30)26-18-4-2-3-15(13-18)21(22,23)24/h2-13,27H,1H3,(H2,25,26,30). The van der Waals surface area contributed by atoms with Crippen molar-refractivity contribution in [3.05, 3.63) is 83.9 Å². The van der Waals surface area contributed by atoms with E-state index in [1.54, 1.807) is 36.4 Å². The molecule has 10 heteroatoms. The van der Waals surface area contributed by atoms with Crippen LogP contribution in [0.15, 0.2) is 77.7 Å². The number of halogens is 3. The van der Waals surface area contributed by atoms with Crippen LogP contribution in [0.25, 0.3) is 0 Å². The molecule has 0 aliphatic carbocycles. The van der Waals surface area contributed by atoms with Crippen LogP contribution in [-0.4, -0.2) is 13.5 Å². The molecule has 3 aromatic rings. The van der Waals surface area contributed by atoms with Crippen LogP contribution in [0.3, 0.4) is 0 Å². The molecule has 0 spiro atoms. The van der Waals surface area contributed by atoms with Gasteiger partial charge < -0.3 is 10.6 Å². The number of hydrogen-bond donors (Lipinski definition) is 3. The van der Waals surface area contributed by atoms with Gasteiger partial charge in [-0.05, 0) is 73.7 Å². The molecule has 3 N–H and O–H groups in total. The lowest BCUT2D eigenvalue weighted by atomic mass is 10.2. The van der Waals surface area contributed by atoms with Gasteiger partial charge in [0.15, 0.2) is 5.11 Å². The Labute approximate surface area is 183 Å². The molecule has 0 unspecified atom stereocenters. The summed E-state index contributed by atoms with van der Waals surface area (Å²) in [6.07, 6.45) is -4.45. The third-order valence-electron chi connectivity index (χ3n) is 4.17. The van der Waals surface area contributed by atoms with E-state index in [2.05, 4.69) is 15.4 Å². The van der Waals surface area contributed by atoms with E-state index in [4.69, 9.17) is 12.2 Å². The zero-order valence-corrected chi connectivity index (χ0v) is 17.8. The monoisotopic (exact) mass is 465 g/mol. The first-order chi connectivity index (χ1) is 14.5. The van der Waals surface area contributed by atoms with Gasteiger partial charge in [0.05, 0.1) is 10.5 Å². The van der Waals surface area contributed by atoms with Gasteiger partial charge in [-0.2, -0.15) is 13.2 Å². The molecule has 0 aliphatic rings. The highest BCUT2D eigenvalue weighted by Crippen LogP contribution is 2.30. The summed E-state index contributed by atoms with van der Waals surface area (Å²) in [6.45, 7) is 1.86.